The minimum absolute atomic E-state index is 0.182. The fourth-order valence-corrected chi connectivity index (χ4v) is 3.37. The molecule has 0 saturated heterocycles. The highest BCUT2D eigenvalue weighted by Gasteiger charge is 2.13. The molecule has 4 aromatic rings. The molecule has 4 rings (SSSR count). The summed E-state index contributed by atoms with van der Waals surface area (Å²) >= 11 is 3.24. The van der Waals surface area contributed by atoms with Gasteiger partial charge in [0.25, 0.3) is 0 Å². The molecule has 7 nitrogen and oxygen atoms in total. The van der Waals surface area contributed by atoms with Crippen molar-refractivity contribution in [1.29, 1.82) is 0 Å². The second-order valence-electron chi connectivity index (χ2n) is 6.41. The van der Waals surface area contributed by atoms with Gasteiger partial charge in [0.05, 0.1) is 18.8 Å². The molecular formula is C19H15BrF2N6O. The Kier molecular flexibility index (Phi) is 5.10. The minimum Gasteiger partial charge on any atom is -0.276 e. The van der Waals surface area contributed by atoms with E-state index in [4.69, 9.17) is 0 Å². The van der Waals surface area contributed by atoms with E-state index in [1.54, 1.807) is 16.8 Å². The Labute approximate surface area is 172 Å². The minimum atomic E-state index is -0.705. The van der Waals surface area contributed by atoms with E-state index in [1.165, 1.54) is 17.1 Å². The van der Waals surface area contributed by atoms with Gasteiger partial charge in [0.15, 0.2) is 0 Å². The monoisotopic (exact) mass is 460 g/mol. The maximum absolute atomic E-state index is 13.9. The predicted molar refractivity (Wildman–Crippen MR) is 105 cm³/mol. The second kappa shape index (κ2) is 7.70. The lowest BCUT2D eigenvalue weighted by molar-refractivity contribution is 0.541. The van der Waals surface area contributed by atoms with Crippen LogP contribution in [0.5, 0.6) is 0 Å². The Morgan fingerprint density at radius 2 is 1.72 bits per heavy atom. The van der Waals surface area contributed by atoms with Crippen LogP contribution in [-0.2, 0) is 13.1 Å². The summed E-state index contributed by atoms with van der Waals surface area (Å²) in [4.78, 5) is 16.8. The fraction of sp³-hybridized carbons (Fsp3) is 0.158. The van der Waals surface area contributed by atoms with E-state index in [0.717, 1.165) is 28.1 Å². The first-order chi connectivity index (χ1) is 13.9. The molecule has 10 heteroatoms. The molecule has 29 heavy (non-hydrogen) atoms. The molecule has 0 amide bonds. The zero-order valence-corrected chi connectivity index (χ0v) is 16.8. The lowest BCUT2D eigenvalue weighted by Gasteiger charge is -2.06. The topological polar surface area (TPSA) is 70.5 Å². The van der Waals surface area contributed by atoms with Gasteiger partial charge in [-0.05, 0) is 52.7 Å². The Bertz CT molecular complexity index is 1210. The lowest BCUT2D eigenvalue weighted by Crippen LogP contribution is -2.24. The van der Waals surface area contributed by atoms with Gasteiger partial charge < -0.3 is 0 Å². The highest BCUT2D eigenvalue weighted by Crippen LogP contribution is 2.14. The van der Waals surface area contributed by atoms with Gasteiger partial charge in [0, 0.05) is 5.56 Å². The fourth-order valence-electron chi connectivity index (χ4n) is 2.92. The summed E-state index contributed by atoms with van der Waals surface area (Å²) in [7, 11) is 0. The molecule has 2 heterocycles. The van der Waals surface area contributed by atoms with Gasteiger partial charge >= 0.3 is 5.69 Å². The molecule has 2 aromatic heterocycles. The van der Waals surface area contributed by atoms with Crippen molar-refractivity contribution in [3.63, 3.8) is 0 Å². The molecule has 0 fully saturated rings. The van der Waals surface area contributed by atoms with Crippen LogP contribution < -0.4 is 5.69 Å². The molecule has 0 unspecified atom stereocenters. The Morgan fingerprint density at radius 1 is 1.03 bits per heavy atom. The summed E-state index contributed by atoms with van der Waals surface area (Å²) in [6, 6.07) is 10.8. The normalized spacial score (nSPS) is 11.2. The van der Waals surface area contributed by atoms with Gasteiger partial charge in [-0.25, -0.2) is 23.2 Å². The quantitative estimate of drug-likeness (QED) is 0.458. The van der Waals surface area contributed by atoms with Crippen molar-refractivity contribution in [1.82, 2.24) is 29.1 Å². The van der Waals surface area contributed by atoms with E-state index < -0.39 is 17.3 Å². The zero-order chi connectivity index (χ0) is 20.5. The number of aromatic nitrogens is 6. The molecule has 0 bridgehead atoms. The van der Waals surface area contributed by atoms with Crippen LogP contribution in [-0.4, -0.2) is 29.1 Å². The summed E-state index contributed by atoms with van der Waals surface area (Å²) in [6.45, 7) is 2.15. The highest BCUT2D eigenvalue weighted by atomic mass is 79.9. The molecule has 0 aliphatic carbocycles. The van der Waals surface area contributed by atoms with Crippen LogP contribution in [0.3, 0.4) is 0 Å². The SMILES string of the molecule is Cc1nc(Br)nn1Cc1ccc(-n2ncn(Cc3c(F)cccc3F)c2=O)cc1. The van der Waals surface area contributed by atoms with Crippen LogP contribution >= 0.6 is 15.9 Å². The summed E-state index contributed by atoms with van der Waals surface area (Å²) in [5.41, 5.74) is 0.841. The number of nitrogens with zero attached hydrogens (tertiary/aromatic N) is 6. The van der Waals surface area contributed by atoms with E-state index in [2.05, 4.69) is 31.1 Å². The Hall–Kier alpha value is -3.14. The number of aryl methyl sites for hydroxylation is 1. The summed E-state index contributed by atoms with van der Waals surface area (Å²) in [6.07, 6.45) is 1.26. The Balaban J connectivity index is 1.56. The molecule has 148 valence electrons. The molecule has 0 atom stereocenters. The summed E-state index contributed by atoms with van der Waals surface area (Å²) in [5.74, 6) is -0.635. The maximum Gasteiger partial charge on any atom is 0.350 e. The number of halogens is 3. The van der Waals surface area contributed by atoms with Gasteiger partial charge in [0.1, 0.15) is 23.8 Å². The van der Waals surface area contributed by atoms with Gasteiger partial charge in [0.2, 0.25) is 4.73 Å². The average molecular weight is 461 g/mol. The van der Waals surface area contributed by atoms with Crippen LogP contribution in [0.2, 0.25) is 0 Å². The van der Waals surface area contributed by atoms with Crippen molar-refractivity contribution >= 4 is 15.9 Å². The molecule has 0 aliphatic rings. The van der Waals surface area contributed by atoms with E-state index in [-0.39, 0.29) is 12.1 Å². The molecule has 0 saturated carbocycles. The smallest absolute Gasteiger partial charge is 0.276 e. The third-order valence-electron chi connectivity index (χ3n) is 4.47. The van der Waals surface area contributed by atoms with Crippen molar-refractivity contribution < 1.29 is 8.78 Å². The largest absolute Gasteiger partial charge is 0.350 e. The van der Waals surface area contributed by atoms with Gasteiger partial charge in [-0.15, -0.1) is 5.10 Å². The van der Waals surface area contributed by atoms with Gasteiger partial charge in [-0.1, -0.05) is 18.2 Å². The van der Waals surface area contributed by atoms with Crippen molar-refractivity contribution in [3.8, 4) is 5.69 Å². The predicted octanol–water partition coefficient (Wildman–Crippen LogP) is 3.07. The second-order valence-corrected chi connectivity index (χ2v) is 7.11. The first kappa shape index (κ1) is 19.2. The molecular weight excluding hydrogens is 446 g/mol. The van der Waals surface area contributed by atoms with Crippen molar-refractivity contribution in [2.24, 2.45) is 0 Å². The van der Waals surface area contributed by atoms with E-state index in [0.29, 0.717) is 17.0 Å². The van der Waals surface area contributed by atoms with E-state index >= 15 is 0 Å². The standard InChI is InChI=1S/C19H15BrF2N6O/c1-12-24-18(20)25-27(12)9-13-5-7-14(8-6-13)28-19(29)26(11-23-28)10-15-16(21)3-2-4-17(15)22/h2-8,11H,9-10H2,1H3. The third-order valence-corrected chi connectivity index (χ3v) is 4.80. The van der Waals surface area contributed by atoms with Crippen LogP contribution in [0, 0.1) is 18.6 Å². The van der Waals surface area contributed by atoms with E-state index in [9.17, 15) is 13.6 Å². The molecule has 2 aromatic carbocycles. The Morgan fingerprint density at radius 3 is 2.34 bits per heavy atom. The molecule has 0 aliphatic heterocycles. The van der Waals surface area contributed by atoms with Crippen LogP contribution in [0.4, 0.5) is 8.78 Å². The molecule has 0 N–H and O–H groups in total. The number of benzene rings is 2. The van der Waals surface area contributed by atoms with Crippen molar-refractivity contribution in [2.75, 3.05) is 0 Å². The third kappa shape index (κ3) is 3.88. The summed E-state index contributed by atoms with van der Waals surface area (Å²) in [5, 5.41) is 8.31. The number of hydrogen-bond acceptors (Lipinski definition) is 4. The maximum atomic E-state index is 13.9. The highest BCUT2D eigenvalue weighted by molar-refractivity contribution is 9.10. The summed E-state index contributed by atoms with van der Waals surface area (Å²) < 4.78 is 32.3. The van der Waals surface area contributed by atoms with Crippen LogP contribution in [0.25, 0.3) is 5.69 Å². The lowest BCUT2D eigenvalue weighted by atomic mass is 10.2. The van der Waals surface area contributed by atoms with Gasteiger partial charge in [-0.2, -0.15) is 9.78 Å². The first-order valence-corrected chi connectivity index (χ1v) is 9.45. The van der Waals surface area contributed by atoms with E-state index in [1.807, 2.05) is 19.1 Å². The van der Waals surface area contributed by atoms with Crippen molar-refractivity contribution in [3.05, 3.63) is 92.6 Å². The first-order valence-electron chi connectivity index (χ1n) is 8.66. The van der Waals surface area contributed by atoms with Gasteiger partial charge in [-0.3, -0.25) is 4.57 Å². The number of hydrogen-bond donors (Lipinski definition) is 0. The van der Waals surface area contributed by atoms with Crippen LogP contribution in [0.15, 0.2) is 58.3 Å². The molecule has 0 spiro atoms. The number of rotatable bonds is 5. The average Bonchev–Trinajstić information content (AvgIpc) is 3.20. The van der Waals surface area contributed by atoms with Crippen LogP contribution in [0.1, 0.15) is 17.0 Å². The molecule has 0 radical (unpaired) electrons. The zero-order valence-electron chi connectivity index (χ0n) is 15.3. The van der Waals surface area contributed by atoms with Crippen molar-refractivity contribution in [2.45, 2.75) is 20.0 Å².